The van der Waals surface area contributed by atoms with Crippen LogP contribution in [0.4, 0.5) is 5.82 Å². The van der Waals surface area contributed by atoms with Crippen molar-refractivity contribution in [2.45, 2.75) is 26.8 Å². The second kappa shape index (κ2) is 5.91. The second-order valence-corrected chi connectivity index (χ2v) is 6.47. The van der Waals surface area contributed by atoms with Crippen molar-refractivity contribution in [2.75, 3.05) is 11.4 Å². The minimum atomic E-state index is 0.713. The zero-order chi connectivity index (χ0) is 16.7. The average molecular weight is 341 g/mol. The van der Waals surface area contributed by atoms with Gasteiger partial charge in [-0.3, -0.25) is 0 Å². The van der Waals surface area contributed by atoms with E-state index in [2.05, 4.69) is 20.0 Å². The van der Waals surface area contributed by atoms with Gasteiger partial charge in [-0.25, -0.2) is 9.97 Å². The molecule has 3 heterocycles. The van der Waals surface area contributed by atoms with Gasteiger partial charge in [0.25, 0.3) is 0 Å². The molecule has 1 aliphatic rings. The van der Waals surface area contributed by atoms with Crippen molar-refractivity contribution in [3.63, 3.8) is 0 Å². The first-order chi connectivity index (χ1) is 11.6. The van der Waals surface area contributed by atoms with Crippen molar-refractivity contribution in [1.29, 1.82) is 0 Å². The van der Waals surface area contributed by atoms with Crippen LogP contribution in [0.25, 0.3) is 11.3 Å². The van der Waals surface area contributed by atoms with Crippen LogP contribution in [0, 0.1) is 13.8 Å². The molecule has 4 rings (SSSR count). The second-order valence-electron chi connectivity index (χ2n) is 6.04. The number of hydrogen-bond acceptors (Lipinski definition) is 5. The minimum Gasteiger partial charge on any atom is -0.360 e. The maximum atomic E-state index is 5.99. The van der Waals surface area contributed by atoms with Crippen LogP contribution in [0.15, 0.2) is 35.0 Å². The number of nitrogens with zero attached hydrogens (tertiary/aromatic N) is 4. The van der Waals surface area contributed by atoms with Crippen LogP contribution in [0.2, 0.25) is 5.02 Å². The largest absolute Gasteiger partial charge is 0.360 e. The van der Waals surface area contributed by atoms with Crippen molar-refractivity contribution >= 4 is 17.4 Å². The molecule has 0 spiro atoms. The third-order valence-electron chi connectivity index (χ3n) is 4.31. The lowest BCUT2D eigenvalue weighted by atomic mass is 10.0. The van der Waals surface area contributed by atoms with E-state index in [1.807, 2.05) is 44.3 Å². The Hall–Kier alpha value is -2.40. The first kappa shape index (κ1) is 15.1. The third kappa shape index (κ3) is 2.65. The molecular formula is C18H17ClN4O. The molecule has 0 atom stereocenters. The molecule has 0 aliphatic carbocycles. The van der Waals surface area contributed by atoms with Gasteiger partial charge in [0.1, 0.15) is 23.1 Å². The van der Waals surface area contributed by atoms with Crippen molar-refractivity contribution in [3.05, 3.63) is 58.2 Å². The summed E-state index contributed by atoms with van der Waals surface area (Å²) in [5, 5.41) is 5.00. The van der Waals surface area contributed by atoms with E-state index < -0.39 is 0 Å². The first-order valence-corrected chi connectivity index (χ1v) is 8.28. The normalized spacial score (nSPS) is 13.9. The number of fused-ring (bicyclic) bond motifs is 1. The molecule has 6 heteroatoms. The van der Waals surface area contributed by atoms with Crippen molar-refractivity contribution < 1.29 is 4.52 Å². The molecule has 0 saturated heterocycles. The molecule has 2 aromatic heterocycles. The van der Waals surface area contributed by atoms with Crippen molar-refractivity contribution in [1.82, 2.24) is 15.1 Å². The van der Waals surface area contributed by atoms with Gasteiger partial charge in [-0.05, 0) is 26.0 Å². The molecule has 1 aliphatic heterocycles. The van der Waals surface area contributed by atoms with Gasteiger partial charge in [0.15, 0.2) is 0 Å². The highest BCUT2D eigenvalue weighted by Gasteiger charge is 2.26. The van der Waals surface area contributed by atoms with E-state index in [9.17, 15) is 0 Å². The summed E-state index contributed by atoms with van der Waals surface area (Å²) in [4.78, 5) is 11.1. The fourth-order valence-electron chi connectivity index (χ4n) is 3.06. The molecule has 1 aromatic carbocycles. The SMILES string of the molecule is Cc1ncc(C)c(N2CCc3onc(-c4ccc(Cl)cc4)c3C2)n1. The molecule has 122 valence electrons. The van der Waals surface area contributed by atoms with E-state index >= 15 is 0 Å². The Morgan fingerprint density at radius 1 is 1.17 bits per heavy atom. The zero-order valence-corrected chi connectivity index (χ0v) is 14.3. The predicted molar refractivity (Wildman–Crippen MR) is 93.2 cm³/mol. The topological polar surface area (TPSA) is 55.1 Å². The highest BCUT2D eigenvalue weighted by Crippen LogP contribution is 2.32. The van der Waals surface area contributed by atoms with Crippen LogP contribution < -0.4 is 4.90 Å². The van der Waals surface area contributed by atoms with Gasteiger partial charge in [0, 0.05) is 40.9 Å². The van der Waals surface area contributed by atoms with Crippen LogP contribution in [0.1, 0.15) is 22.7 Å². The van der Waals surface area contributed by atoms with E-state index in [4.69, 9.17) is 16.1 Å². The van der Waals surface area contributed by atoms with Crippen LogP contribution in [-0.4, -0.2) is 21.7 Å². The highest BCUT2D eigenvalue weighted by atomic mass is 35.5. The lowest BCUT2D eigenvalue weighted by Gasteiger charge is -2.28. The summed E-state index contributed by atoms with van der Waals surface area (Å²) in [6.07, 6.45) is 2.69. The first-order valence-electron chi connectivity index (χ1n) is 7.90. The van der Waals surface area contributed by atoms with E-state index in [-0.39, 0.29) is 0 Å². The summed E-state index contributed by atoms with van der Waals surface area (Å²) in [6.45, 7) is 5.54. The van der Waals surface area contributed by atoms with Gasteiger partial charge in [0.05, 0.1) is 6.54 Å². The smallest absolute Gasteiger partial charge is 0.144 e. The standard InChI is InChI=1S/C18H17ClN4O/c1-11-9-20-12(2)21-18(11)23-8-7-16-15(10-23)17(22-24-16)13-3-5-14(19)6-4-13/h3-6,9H,7-8,10H2,1-2H3. The zero-order valence-electron chi connectivity index (χ0n) is 13.6. The molecule has 0 fully saturated rings. The molecule has 24 heavy (non-hydrogen) atoms. The lowest BCUT2D eigenvalue weighted by Crippen LogP contribution is -2.31. The number of halogens is 1. The molecule has 0 saturated carbocycles. The Labute approximate surface area is 145 Å². The van der Waals surface area contributed by atoms with Crippen molar-refractivity contribution in [2.24, 2.45) is 0 Å². The summed E-state index contributed by atoms with van der Waals surface area (Å²) < 4.78 is 5.57. The summed E-state index contributed by atoms with van der Waals surface area (Å²) in [6, 6.07) is 7.69. The molecule has 0 bridgehead atoms. The molecular weight excluding hydrogens is 324 g/mol. The summed E-state index contributed by atoms with van der Waals surface area (Å²) in [7, 11) is 0. The Kier molecular flexibility index (Phi) is 3.73. The number of rotatable bonds is 2. The monoisotopic (exact) mass is 340 g/mol. The van der Waals surface area contributed by atoms with Crippen molar-refractivity contribution in [3.8, 4) is 11.3 Å². The minimum absolute atomic E-state index is 0.713. The maximum absolute atomic E-state index is 5.99. The van der Waals surface area contributed by atoms with Gasteiger partial charge in [0.2, 0.25) is 0 Å². The van der Waals surface area contributed by atoms with E-state index in [0.29, 0.717) is 5.02 Å². The molecule has 3 aromatic rings. The molecule has 0 unspecified atom stereocenters. The van der Waals surface area contributed by atoms with Gasteiger partial charge in [-0.2, -0.15) is 0 Å². The lowest BCUT2D eigenvalue weighted by molar-refractivity contribution is 0.378. The summed E-state index contributed by atoms with van der Waals surface area (Å²) >= 11 is 5.99. The fourth-order valence-corrected chi connectivity index (χ4v) is 3.19. The fraction of sp³-hybridized carbons (Fsp3) is 0.278. The summed E-state index contributed by atoms with van der Waals surface area (Å²) in [5.41, 5.74) is 4.10. The number of aromatic nitrogens is 3. The Morgan fingerprint density at radius 3 is 2.75 bits per heavy atom. The van der Waals surface area contributed by atoms with Crippen LogP contribution >= 0.6 is 11.6 Å². The highest BCUT2D eigenvalue weighted by molar-refractivity contribution is 6.30. The van der Waals surface area contributed by atoms with E-state index in [0.717, 1.165) is 59.3 Å². The third-order valence-corrected chi connectivity index (χ3v) is 4.56. The Balaban J connectivity index is 1.71. The Bertz CT molecular complexity index is 889. The summed E-state index contributed by atoms with van der Waals surface area (Å²) in [5.74, 6) is 2.72. The van der Waals surface area contributed by atoms with Crippen LogP contribution in [0.3, 0.4) is 0 Å². The maximum Gasteiger partial charge on any atom is 0.144 e. The van der Waals surface area contributed by atoms with Gasteiger partial charge in [-0.15, -0.1) is 0 Å². The van der Waals surface area contributed by atoms with Crippen LogP contribution in [-0.2, 0) is 13.0 Å². The molecule has 5 nitrogen and oxygen atoms in total. The van der Waals surface area contributed by atoms with E-state index in [1.54, 1.807) is 0 Å². The number of anilines is 1. The van der Waals surface area contributed by atoms with Gasteiger partial charge < -0.3 is 9.42 Å². The average Bonchev–Trinajstić information content (AvgIpc) is 3.01. The molecule has 0 N–H and O–H groups in total. The quantitative estimate of drug-likeness (QED) is 0.706. The predicted octanol–water partition coefficient (Wildman–Crippen LogP) is 3.96. The van der Waals surface area contributed by atoms with E-state index in [1.165, 1.54) is 0 Å². The molecule has 0 radical (unpaired) electrons. The number of hydrogen-bond donors (Lipinski definition) is 0. The number of benzene rings is 1. The van der Waals surface area contributed by atoms with Gasteiger partial charge in [-0.1, -0.05) is 28.9 Å². The number of aryl methyl sites for hydroxylation is 2. The van der Waals surface area contributed by atoms with Crippen LogP contribution in [0.5, 0.6) is 0 Å². The molecule has 0 amide bonds. The Morgan fingerprint density at radius 2 is 1.96 bits per heavy atom. The van der Waals surface area contributed by atoms with Gasteiger partial charge >= 0.3 is 0 Å².